The summed E-state index contributed by atoms with van der Waals surface area (Å²) in [6.07, 6.45) is 2.85. The highest BCUT2D eigenvalue weighted by Gasteiger charge is 2.32. The van der Waals surface area contributed by atoms with Crippen LogP contribution < -0.4 is 4.72 Å². The molecule has 0 saturated heterocycles. The van der Waals surface area contributed by atoms with Crippen molar-refractivity contribution in [2.24, 2.45) is 5.92 Å². The number of ether oxygens (including phenoxy) is 1. The van der Waals surface area contributed by atoms with Gasteiger partial charge in [0, 0.05) is 6.04 Å². The molecule has 1 aliphatic carbocycles. The molecule has 0 aliphatic heterocycles. The maximum Gasteiger partial charge on any atom is 0.358 e. The van der Waals surface area contributed by atoms with Crippen molar-refractivity contribution < 1.29 is 17.9 Å². The number of hydrogen-bond acceptors (Lipinski definition) is 6. The van der Waals surface area contributed by atoms with Crippen molar-refractivity contribution in [2.45, 2.75) is 36.4 Å². The molecule has 0 bridgehead atoms. The molecule has 8 heteroatoms. The Morgan fingerprint density at radius 3 is 2.84 bits per heavy atom. The lowest BCUT2D eigenvalue weighted by Gasteiger charge is -2.16. The van der Waals surface area contributed by atoms with Crippen LogP contribution in [0.25, 0.3) is 0 Å². The van der Waals surface area contributed by atoms with Gasteiger partial charge in [-0.3, -0.25) is 0 Å². The third kappa shape index (κ3) is 2.96. The lowest BCUT2D eigenvalue weighted by atomic mass is 10.1. The minimum absolute atomic E-state index is 0.0709. The standard InChI is InChI=1S/C11H16N2O4S2/c1-7-4-3-5-8(7)13-19(15,16)11-9(10(14)17-2)12-6-18-11/h6-8,13H,3-5H2,1-2H3. The molecule has 0 aromatic carbocycles. The van der Waals surface area contributed by atoms with Crippen molar-refractivity contribution in [1.82, 2.24) is 9.71 Å². The van der Waals surface area contributed by atoms with Gasteiger partial charge in [0.05, 0.1) is 12.6 Å². The minimum atomic E-state index is -3.71. The monoisotopic (exact) mass is 304 g/mol. The van der Waals surface area contributed by atoms with Crippen molar-refractivity contribution in [3.63, 3.8) is 0 Å². The smallest absolute Gasteiger partial charge is 0.358 e. The first-order valence-electron chi connectivity index (χ1n) is 6.00. The number of hydrogen-bond donors (Lipinski definition) is 1. The van der Waals surface area contributed by atoms with Gasteiger partial charge in [0.25, 0.3) is 10.0 Å². The van der Waals surface area contributed by atoms with E-state index in [1.54, 1.807) is 0 Å². The van der Waals surface area contributed by atoms with E-state index in [2.05, 4.69) is 14.4 Å². The molecule has 1 fully saturated rings. The summed E-state index contributed by atoms with van der Waals surface area (Å²) in [6.45, 7) is 2.02. The van der Waals surface area contributed by atoms with Crippen LogP contribution in [0, 0.1) is 5.92 Å². The van der Waals surface area contributed by atoms with Gasteiger partial charge in [-0.05, 0) is 18.8 Å². The van der Waals surface area contributed by atoms with Gasteiger partial charge in [-0.2, -0.15) is 0 Å². The van der Waals surface area contributed by atoms with Gasteiger partial charge in [0.15, 0.2) is 9.90 Å². The molecule has 106 valence electrons. The van der Waals surface area contributed by atoms with Gasteiger partial charge in [-0.25, -0.2) is 22.9 Å². The van der Waals surface area contributed by atoms with Gasteiger partial charge in [-0.15, -0.1) is 11.3 Å². The van der Waals surface area contributed by atoms with E-state index in [4.69, 9.17) is 0 Å². The average Bonchev–Trinajstić information content (AvgIpc) is 2.98. The van der Waals surface area contributed by atoms with Crippen LogP contribution in [0.3, 0.4) is 0 Å². The van der Waals surface area contributed by atoms with E-state index >= 15 is 0 Å². The van der Waals surface area contributed by atoms with Crippen LogP contribution in [0.4, 0.5) is 0 Å². The van der Waals surface area contributed by atoms with E-state index in [-0.39, 0.29) is 15.9 Å². The maximum atomic E-state index is 12.3. The zero-order valence-electron chi connectivity index (χ0n) is 10.8. The Balaban J connectivity index is 2.25. The first-order valence-corrected chi connectivity index (χ1v) is 8.36. The topological polar surface area (TPSA) is 85.4 Å². The molecular weight excluding hydrogens is 288 g/mol. The number of nitrogens with zero attached hydrogens (tertiary/aromatic N) is 1. The van der Waals surface area contributed by atoms with E-state index in [0.29, 0.717) is 5.92 Å². The van der Waals surface area contributed by atoms with E-state index in [0.717, 1.165) is 30.6 Å². The van der Waals surface area contributed by atoms with Crippen molar-refractivity contribution in [3.05, 3.63) is 11.2 Å². The summed E-state index contributed by atoms with van der Waals surface area (Å²) in [5.74, 6) is -0.426. The Labute approximate surface area is 116 Å². The van der Waals surface area contributed by atoms with Crippen LogP contribution in [-0.4, -0.2) is 32.5 Å². The first-order chi connectivity index (χ1) is 8.95. The molecule has 1 aliphatic rings. The summed E-state index contributed by atoms with van der Waals surface area (Å²) in [5.41, 5.74) is 1.18. The van der Waals surface area contributed by atoms with Crippen LogP contribution in [0.5, 0.6) is 0 Å². The molecule has 1 saturated carbocycles. The number of aromatic nitrogens is 1. The van der Waals surface area contributed by atoms with E-state index in [9.17, 15) is 13.2 Å². The van der Waals surface area contributed by atoms with Gasteiger partial charge >= 0.3 is 5.97 Å². The molecule has 0 amide bonds. The van der Waals surface area contributed by atoms with Gasteiger partial charge < -0.3 is 4.74 Å². The molecule has 6 nitrogen and oxygen atoms in total. The molecule has 1 heterocycles. The molecule has 2 rings (SSSR count). The van der Waals surface area contributed by atoms with Crippen LogP contribution >= 0.6 is 11.3 Å². The Morgan fingerprint density at radius 1 is 1.53 bits per heavy atom. The highest BCUT2D eigenvalue weighted by molar-refractivity contribution is 7.91. The lowest BCUT2D eigenvalue weighted by molar-refractivity contribution is 0.0590. The third-order valence-electron chi connectivity index (χ3n) is 3.33. The largest absolute Gasteiger partial charge is 0.464 e. The summed E-state index contributed by atoms with van der Waals surface area (Å²) in [7, 11) is -2.51. The minimum Gasteiger partial charge on any atom is -0.464 e. The molecule has 0 radical (unpaired) electrons. The summed E-state index contributed by atoms with van der Waals surface area (Å²) in [6, 6.07) is -0.0717. The number of carbonyl (C=O) groups excluding carboxylic acids is 1. The predicted molar refractivity (Wildman–Crippen MR) is 70.6 cm³/mol. The fraction of sp³-hybridized carbons (Fsp3) is 0.636. The zero-order valence-corrected chi connectivity index (χ0v) is 12.4. The molecule has 19 heavy (non-hydrogen) atoms. The second kappa shape index (κ2) is 5.56. The fourth-order valence-electron chi connectivity index (χ4n) is 2.23. The number of nitrogens with one attached hydrogen (secondary N) is 1. The molecular formula is C11H16N2O4S2. The number of sulfonamides is 1. The Morgan fingerprint density at radius 2 is 2.26 bits per heavy atom. The number of carbonyl (C=O) groups is 1. The van der Waals surface area contributed by atoms with Gasteiger partial charge in [-0.1, -0.05) is 13.3 Å². The van der Waals surface area contributed by atoms with Crippen molar-refractivity contribution in [1.29, 1.82) is 0 Å². The van der Waals surface area contributed by atoms with Crippen molar-refractivity contribution >= 4 is 27.3 Å². The Kier molecular flexibility index (Phi) is 4.22. The lowest BCUT2D eigenvalue weighted by Crippen LogP contribution is -2.36. The molecule has 0 spiro atoms. The fourth-order valence-corrected chi connectivity index (χ4v) is 4.76. The third-order valence-corrected chi connectivity index (χ3v) is 6.19. The number of methoxy groups -OCH3 is 1. The maximum absolute atomic E-state index is 12.3. The van der Waals surface area contributed by atoms with Crippen LogP contribution in [0.2, 0.25) is 0 Å². The molecule has 1 N–H and O–H groups in total. The molecule has 2 atom stereocenters. The molecule has 1 aromatic heterocycles. The zero-order chi connectivity index (χ0) is 14.0. The van der Waals surface area contributed by atoms with Gasteiger partial charge in [0.1, 0.15) is 0 Å². The normalized spacial score (nSPS) is 23.5. The summed E-state index contributed by atoms with van der Waals surface area (Å²) in [4.78, 5) is 15.2. The second-order valence-corrected chi connectivity index (χ2v) is 7.38. The summed E-state index contributed by atoms with van der Waals surface area (Å²) >= 11 is 0.922. The highest BCUT2D eigenvalue weighted by Crippen LogP contribution is 2.28. The first kappa shape index (κ1) is 14.4. The number of rotatable bonds is 4. The van der Waals surface area contributed by atoms with E-state index in [1.807, 2.05) is 6.92 Å². The predicted octanol–water partition coefficient (Wildman–Crippen LogP) is 1.40. The summed E-state index contributed by atoms with van der Waals surface area (Å²) < 4.78 is 31.7. The second-order valence-electron chi connectivity index (χ2n) is 4.62. The van der Waals surface area contributed by atoms with E-state index < -0.39 is 16.0 Å². The quantitative estimate of drug-likeness (QED) is 0.850. The summed E-state index contributed by atoms with van der Waals surface area (Å²) in [5, 5.41) is 0. The van der Waals surface area contributed by atoms with Crippen molar-refractivity contribution in [3.8, 4) is 0 Å². The average molecular weight is 304 g/mol. The SMILES string of the molecule is COC(=O)c1ncsc1S(=O)(=O)NC1CCCC1C. The van der Waals surface area contributed by atoms with Crippen LogP contribution in [0.15, 0.2) is 9.72 Å². The Bertz CT molecular complexity index is 567. The van der Waals surface area contributed by atoms with E-state index in [1.165, 1.54) is 12.6 Å². The number of esters is 1. The van der Waals surface area contributed by atoms with Crippen LogP contribution in [-0.2, 0) is 14.8 Å². The highest BCUT2D eigenvalue weighted by atomic mass is 32.2. The molecule has 2 unspecified atom stereocenters. The Hall–Kier alpha value is -0.990. The molecule has 1 aromatic rings. The van der Waals surface area contributed by atoms with Crippen molar-refractivity contribution in [2.75, 3.05) is 7.11 Å². The van der Waals surface area contributed by atoms with Crippen LogP contribution in [0.1, 0.15) is 36.7 Å². The number of thiazole rings is 1. The van der Waals surface area contributed by atoms with Gasteiger partial charge in [0.2, 0.25) is 0 Å².